The van der Waals surface area contributed by atoms with Crippen LogP contribution in [0.3, 0.4) is 0 Å². The molecule has 5 rings (SSSR count). The molecule has 2 N–H and O–H groups in total. The van der Waals surface area contributed by atoms with E-state index in [4.69, 9.17) is 5.73 Å². The molecule has 166 valence electrons. The molecule has 2 aliphatic heterocycles. The van der Waals surface area contributed by atoms with Crippen LogP contribution in [0.2, 0.25) is 0 Å². The maximum absolute atomic E-state index is 14.2. The Kier molecular flexibility index (Phi) is 4.70. The summed E-state index contributed by atoms with van der Waals surface area (Å²) in [5.41, 5.74) is 7.89. The number of aliphatic imine (C=N–C) groups is 1. The molecule has 3 heterocycles. The fourth-order valence-corrected chi connectivity index (χ4v) is 5.73. The molecule has 0 spiro atoms. The lowest BCUT2D eigenvalue weighted by molar-refractivity contribution is 0.506. The Bertz CT molecular complexity index is 1350. The number of hydrogen-bond acceptors (Lipinski definition) is 5. The monoisotopic (exact) mass is 457 g/mol. The summed E-state index contributed by atoms with van der Waals surface area (Å²) < 4.78 is 57.0. The molecule has 0 fully saturated rings. The van der Waals surface area contributed by atoms with Crippen molar-refractivity contribution in [2.75, 3.05) is 18.0 Å². The van der Waals surface area contributed by atoms with E-state index in [2.05, 4.69) is 9.89 Å². The summed E-state index contributed by atoms with van der Waals surface area (Å²) >= 11 is 0. The highest BCUT2D eigenvalue weighted by Crippen LogP contribution is 2.37. The van der Waals surface area contributed by atoms with E-state index in [9.17, 15) is 17.2 Å². The third-order valence-electron chi connectivity index (χ3n) is 5.93. The third-order valence-corrected chi connectivity index (χ3v) is 7.70. The maximum atomic E-state index is 14.2. The molecule has 0 amide bonds. The summed E-state index contributed by atoms with van der Waals surface area (Å²) in [6, 6.07) is 11.3. The number of aromatic nitrogens is 1. The first-order chi connectivity index (χ1) is 15.3. The predicted molar refractivity (Wildman–Crippen MR) is 117 cm³/mol. The van der Waals surface area contributed by atoms with Gasteiger partial charge in [0.15, 0.2) is 0 Å². The van der Waals surface area contributed by atoms with Gasteiger partial charge in [0.1, 0.15) is 23.5 Å². The molecule has 0 saturated carbocycles. The number of aryl methyl sites for hydroxylation is 1. The first kappa shape index (κ1) is 20.5. The summed E-state index contributed by atoms with van der Waals surface area (Å²) in [6.45, 7) is 0.596. The summed E-state index contributed by atoms with van der Waals surface area (Å²) in [5, 5.41) is 0. The minimum Gasteiger partial charge on any atom is -0.369 e. The van der Waals surface area contributed by atoms with E-state index in [1.54, 1.807) is 18.2 Å². The van der Waals surface area contributed by atoms with Gasteiger partial charge in [-0.3, -0.25) is 0 Å². The Morgan fingerprint density at radius 1 is 1.12 bits per heavy atom. The Morgan fingerprint density at radius 3 is 2.66 bits per heavy atom. The lowest BCUT2D eigenvalue weighted by atomic mass is 10.1. The average Bonchev–Trinajstić information content (AvgIpc) is 3.45. The van der Waals surface area contributed by atoms with Gasteiger partial charge in [-0.2, -0.15) is 0 Å². The van der Waals surface area contributed by atoms with Crippen molar-refractivity contribution in [2.24, 2.45) is 17.8 Å². The number of nitrogens with zero attached hydrogens (tertiary/aromatic N) is 4. The van der Waals surface area contributed by atoms with Crippen molar-refractivity contribution in [2.45, 2.75) is 17.4 Å². The number of halogens is 2. The third kappa shape index (κ3) is 3.22. The summed E-state index contributed by atoms with van der Waals surface area (Å²) in [4.78, 5) is 6.36. The van der Waals surface area contributed by atoms with Crippen LogP contribution in [0.1, 0.15) is 17.2 Å². The van der Waals surface area contributed by atoms with Crippen LogP contribution in [-0.2, 0) is 23.5 Å². The first-order valence-electron chi connectivity index (χ1n) is 10.1. The largest absolute Gasteiger partial charge is 0.369 e. The minimum absolute atomic E-state index is 0.0965. The van der Waals surface area contributed by atoms with Crippen molar-refractivity contribution in [3.05, 3.63) is 77.5 Å². The molecule has 32 heavy (non-hydrogen) atoms. The number of benzene rings is 2. The van der Waals surface area contributed by atoms with Crippen LogP contribution in [0.5, 0.6) is 0 Å². The Morgan fingerprint density at radius 2 is 1.94 bits per heavy atom. The van der Waals surface area contributed by atoms with Crippen molar-refractivity contribution in [3.63, 3.8) is 0 Å². The van der Waals surface area contributed by atoms with Crippen molar-refractivity contribution in [1.82, 2.24) is 8.87 Å². The SMILES string of the molecule is Cn1cccc1N1CCc2cc(S(=O)(=O)N3C[C@H](c4ccc(F)cc4F)N=C3N)ccc21. The molecule has 1 atom stereocenters. The van der Waals surface area contributed by atoms with Crippen molar-refractivity contribution < 1.29 is 17.2 Å². The van der Waals surface area contributed by atoms with Crippen LogP contribution >= 0.6 is 0 Å². The van der Waals surface area contributed by atoms with E-state index in [0.717, 1.165) is 40.1 Å². The van der Waals surface area contributed by atoms with E-state index in [-0.39, 0.29) is 23.0 Å². The second kappa shape index (κ2) is 7.33. The Balaban J connectivity index is 1.43. The molecule has 0 saturated heterocycles. The van der Waals surface area contributed by atoms with Gasteiger partial charge in [0, 0.05) is 37.1 Å². The van der Waals surface area contributed by atoms with Crippen LogP contribution in [0.25, 0.3) is 0 Å². The standard InChI is InChI=1S/C22H21F2N5O2S/c1-27-9-2-3-21(27)28-10-8-14-11-16(5-7-20(14)28)32(30,31)29-13-19(26-22(29)25)17-6-4-15(23)12-18(17)24/h2-7,9,11-12,19H,8,10,13H2,1H3,(H2,25,26)/t19-/m1/s1. The van der Waals surface area contributed by atoms with Gasteiger partial charge in [0.25, 0.3) is 10.0 Å². The minimum atomic E-state index is -3.99. The van der Waals surface area contributed by atoms with E-state index < -0.39 is 27.7 Å². The molecule has 3 aromatic rings. The summed E-state index contributed by atoms with van der Waals surface area (Å²) in [6.07, 6.45) is 2.67. The van der Waals surface area contributed by atoms with E-state index in [1.807, 2.05) is 29.9 Å². The average molecular weight is 458 g/mol. The van der Waals surface area contributed by atoms with Gasteiger partial charge in [0.2, 0.25) is 5.96 Å². The summed E-state index contributed by atoms with van der Waals surface area (Å²) in [7, 11) is -2.03. The van der Waals surface area contributed by atoms with Gasteiger partial charge in [0.05, 0.1) is 11.4 Å². The molecule has 0 unspecified atom stereocenters. The lowest BCUT2D eigenvalue weighted by Crippen LogP contribution is -2.39. The number of rotatable bonds is 4. The molecule has 1 aromatic heterocycles. The second-order valence-electron chi connectivity index (χ2n) is 7.87. The van der Waals surface area contributed by atoms with Crippen LogP contribution in [0.15, 0.2) is 64.6 Å². The maximum Gasteiger partial charge on any atom is 0.266 e. The fourth-order valence-electron chi connectivity index (χ4n) is 4.31. The van der Waals surface area contributed by atoms with Gasteiger partial charge in [-0.15, -0.1) is 0 Å². The Labute approximate surface area is 184 Å². The molecule has 7 nitrogen and oxygen atoms in total. The van der Waals surface area contributed by atoms with Crippen molar-refractivity contribution >= 4 is 27.5 Å². The smallest absolute Gasteiger partial charge is 0.266 e. The fraction of sp³-hybridized carbons (Fsp3) is 0.227. The van der Waals surface area contributed by atoms with Gasteiger partial charge >= 0.3 is 0 Å². The highest BCUT2D eigenvalue weighted by molar-refractivity contribution is 7.89. The lowest BCUT2D eigenvalue weighted by Gasteiger charge is -2.21. The molecular formula is C22H21F2N5O2S. The molecule has 0 bridgehead atoms. The topological polar surface area (TPSA) is 83.9 Å². The number of guanidine groups is 1. The van der Waals surface area contributed by atoms with Crippen molar-refractivity contribution in [3.8, 4) is 0 Å². The van der Waals surface area contributed by atoms with E-state index in [0.29, 0.717) is 6.42 Å². The molecular weight excluding hydrogens is 436 g/mol. The molecule has 2 aromatic carbocycles. The highest BCUT2D eigenvalue weighted by atomic mass is 32.2. The molecule has 0 radical (unpaired) electrons. The van der Waals surface area contributed by atoms with Gasteiger partial charge in [-0.25, -0.2) is 26.5 Å². The van der Waals surface area contributed by atoms with Crippen LogP contribution in [-0.4, -0.2) is 36.3 Å². The molecule has 10 heteroatoms. The predicted octanol–water partition coefficient (Wildman–Crippen LogP) is 3.06. The second-order valence-corrected chi connectivity index (χ2v) is 9.74. The van der Waals surface area contributed by atoms with Crippen LogP contribution in [0, 0.1) is 11.6 Å². The van der Waals surface area contributed by atoms with E-state index >= 15 is 0 Å². The van der Waals surface area contributed by atoms with Gasteiger partial charge < -0.3 is 15.2 Å². The van der Waals surface area contributed by atoms with Gasteiger partial charge in [-0.05, 0) is 48.4 Å². The molecule has 0 aliphatic carbocycles. The normalized spacial score (nSPS) is 18.2. The number of hydrogen-bond donors (Lipinski definition) is 1. The zero-order chi connectivity index (χ0) is 22.6. The quantitative estimate of drug-likeness (QED) is 0.653. The number of nitrogens with two attached hydrogens (primary N) is 1. The zero-order valence-corrected chi connectivity index (χ0v) is 18.1. The van der Waals surface area contributed by atoms with Crippen molar-refractivity contribution in [1.29, 1.82) is 0 Å². The summed E-state index contributed by atoms with van der Waals surface area (Å²) in [5.74, 6) is -0.693. The number of fused-ring (bicyclic) bond motifs is 1. The first-order valence-corrected chi connectivity index (χ1v) is 11.5. The highest BCUT2D eigenvalue weighted by Gasteiger charge is 2.36. The molecule has 2 aliphatic rings. The van der Waals surface area contributed by atoms with Gasteiger partial charge in [-0.1, -0.05) is 6.07 Å². The van der Waals surface area contributed by atoms with E-state index in [1.165, 1.54) is 6.07 Å². The Hall–Kier alpha value is -3.40. The number of anilines is 2. The van der Waals surface area contributed by atoms with Crippen LogP contribution in [0.4, 0.5) is 20.3 Å². The van der Waals surface area contributed by atoms with Crippen LogP contribution < -0.4 is 10.6 Å². The number of sulfonamides is 1. The zero-order valence-electron chi connectivity index (χ0n) is 17.2.